The number of rotatable bonds is 6. The number of nitrogens with zero attached hydrogens (tertiary/aromatic N) is 2. The van der Waals surface area contributed by atoms with Gasteiger partial charge in [0.05, 0.1) is 16.6 Å². The summed E-state index contributed by atoms with van der Waals surface area (Å²) in [6.45, 7) is 2.04. The number of carbonyl (C=O) groups excluding carboxylic acids is 2. The number of aromatic amines is 1. The van der Waals surface area contributed by atoms with Crippen LogP contribution < -0.4 is 10.6 Å². The molecule has 0 aliphatic carbocycles. The molecule has 0 aliphatic heterocycles. The number of ether oxygens (including phenoxy) is 1. The van der Waals surface area contributed by atoms with Gasteiger partial charge in [0, 0.05) is 29.7 Å². The predicted octanol–water partition coefficient (Wildman–Crippen LogP) is 5.65. The van der Waals surface area contributed by atoms with Gasteiger partial charge < -0.3 is 20.4 Å². The van der Waals surface area contributed by atoms with Crippen molar-refractivity contribution in [2.75, 3.05) is 17.7 Å². The number of anilines is 2. The highest BCUT2D eigenvalue weighted by Gasteiger charge is 2.19. The maximum Gasteiger partial charge on any atom is 0.258 e. The summed E-state index contributed by atoms with van der Waals surface area (Å²) in [5.41, 5.74) is 3.17. The Hall–Kier alpha value is -3.17. The maximum absolute atomic E-state index is 13.2. The smallest absolute Gasteiger partial charge is 0.258 e. The second kappa shape index (κ2) is 10.8. The van der Waals surface area contributed by atoms with Crippen LogP contribution in [0.25, 0.3) is 11.0 Å². The highest BCUT2D eigenvalue weighted by atomic mass is 35.5. The van der Waals surface area contributed by atoms with Gasteiger partial charge in [0.15, 0.2) is 0 Å². The zero-order chi connectivity index (χ0) is 23.5. The summed E-state index contributed by atoms with van der Waals surface area (Å²) in [5.74, 6) is -0.322. The number of hydrogen-bond acceptors (Lipinski definition) is 5. The van der Waals surface area contributed by atoms with Gasteiger partial charge in [-0.15, -0.1) is 12.4 Å². The number of amides is 2. The van der Waals surface area contributed by atoms with E-state index in [1.807, 2.05) is 6.92 Å². The van der Waals surface area contributed by atoms with Crippen molar-refractivity contribution in [1.82, 2.24) is 15.0 Å². The zero-order valence-corrected chi connectivity index (χ0v) is 20.4. The zero-order valence-electron chi connectivity index (χ0n) is 18.1. The monoisotopic (exact) mass is 519 g/mol. The summed E-state index contributed by atoms with van der Waals surface area (Å²) in [6, 6.07) is 11.7. The average Bonchev–Trinajstić information content (AvgIpc) is 3.19. The number of methoxy groups -OCH3 is 1. The van der Waals surface area contributed by atoms with Gasteiger partial charge in [0.25, 0.3) is 11.8 Å². The van der Waals surface area contributed by atoms with Crippen molar-refractivity contribution in [1.29, 1.82) is 0 Å². The molecule has 2 heterocycles. The van der Waals surface area contributed by atoms with Crippen molar-refractivity contribution in [3.8, 4) is 0 Å². The van der Waals surface area contributed by atoms with E-state index in [-0.39, 0.29) is 35.3 Å². The lowest BCUT2D eigenvalue weighted by Gasteiger charge is -2.12. The van der Waals surface area contributed by atoms with Crippen LogP contribution >= 0.6 is 35.6 Å². The standard InChI is InChI=1S/C23H19Cl2N5O3.ClH/c1-12-16(24)6-3-7-17(12)29-23(32)15-9-13(10-18-20(15)30-19(28-18)11-33-2)27-22(31)14-5-4-8-26-21(14)25;/h3-10H,11H2,1-2H3,(H,27,31)(H,28,30)(H,29,32);1H. The third-order valence-corrected chi connectivity index (χ3v) is 5.65. The summed E-state index contributed by atoms with van der Waals surface area (Å²) < 4.78 is 5.15. The van der Waals surface area contributed by atoms with Crippen LogP contribution in [0.1, 0.15) is 32.1 Å². The van der Waals surface area contributed by atoms with Gasteiger partial charge in [-0.1, -0.05) is 29.3 Å². The van der Waals surface area contributed by atoms with Gasteiger partial charge >= 0.3 is 0 Å². The van der Waals surface area contributed by atoms with Gasteiger partial charge in [-0.3, -0.25) is 9.59 Å². The van der Waals surface area contributed by atoms with Gasteiger partial charge in [0.1, 0.15) is 23.1 Å². The number of carbonyl (C=O) groups is 2. The van der Waals surface area contributed by atoms with Gasteiger partial charge in [-0.05, 0) is 48.9 Å². The molecule has 2 aromatic carbocycles. The van der Waals surface area contributed by atoms with Gasteiger partial charge in [-0.2, -0.15) is 0 Å². The SMILES string of the molecule is COCc1nc2c(C(=O)Nc3cccc(Cl)c3C)cc(NC(=O)c3cccnc3Cl)cc2[nH]1.Cl. The van der Waals surface area contributed by atoms with Crippen LogP contribution in [0.15, 0.2) is 48.7 Å². The molecule has 0 aliphatic rings. The Kier molecular flexibility index (Phi) is 8.11. The largest absolute Gasteiger partial charge is 0.377 e. The van der Waals surface area contributed by atoms with Crippen LogP contribution in [0, 0.1) is 6.92 Å². The molecule has 0 fully saturated rings. The normalized spacial score (nSPS) is 10.6. The predicted molar refractivity (Wildman–Crippen MR) is 135 cm³/mol. The Morgan fingerprint density at radius 2 is 1.82 bits per heavy atom. The quantitative estimate of drug-likeness (QED) is 0.285. The van der Waals surface area contributed by atoms with Crippen LogP contribution in [0.5, 0.6) is 0 Å². The first-order valence-corrected chi connectivity index (χ1v) is 10.6. The van der Waals surface area contributed by atoms with Crippen LogP contribution in [0.4, 0.5) is 11.4 Å². The van der Waals surface area contributed by atoms with E-state index in [1.165, 1.54) is 6.20 Å². The Morgan fingerprint density at radius 3 is 2.56 bits per heavy atom. The minimum absolute atomic E-state index is 0. The molecular formula is C23H20Cl3N5O3. The molecule has 176 valence electrons. The highest BCUT2D eigenvalue weighted by Crippen LogP contribution is 2.27. The lowest BCUT2D eigenvalue weighted by molar-refractivity contribution is 0.101. The summed E-state index contributed by atoms with van der Waals surface area (Å²) in [7, 11) is 1.55. The maximum atomic E-state index is 13.2. The first kappa shape index (κ1) is 25.5. The molecule has 0 saturated carbocycles. The molecule has 0 spiro atoms. The number of hydrogen-bond donors (Lipinski definition) is 3. The summed E-state index contributed by atoms with van der Waals surface area (Å²) >= 11 is 12.2. The summed E-state index contributed by atoms with van der Waals surface area (Å²) in [4.78, 5) is 37.5. The molecule has 34 heavy (non-hydrogen) atoms. The molecule has 0 radical (unpaired) electrons. The van der Waals surface area contributed by atoms with E-state index in [9.17, 15) is 9.59 Å². The number of aromatic nitrogens is 3. The van der Waals surface area contributed by atoms with E-state index in [4.69, 9.17) is 27.9 Å². The van der Waals surface area contributed by atoms with Crippen molar-refractivity contribution < 1.29 is 14.3 Å². The minimum Gasteiger partial charge on any atom is -0.377 e. The molecule has 2 amide bonds. The Bertz CT molecular complexity index is 1370. The fourth-order valence-electron chi connectivity index (χ4n) is 3.31. The van der Waals surface area contributed by atoms with E-state index >= 15 is 0 Å². The third kappa shape index (κ3) is 5.31. The second-order valence-electron chi connectivity index (χ2n) is 7.20. The number of nitrogens with one attached hydrogen (secondary N) is 3. The molecule has 0 unspecified atom stereocenters. The van der Waals surface area contributed by atoms with E-state index < -0.39 is 11.8 Å². The van der Waals surface area contributed by atoms with Crippen LogP contribution in [-0.4, -0.2) is 33.9 Å². The van der Waals surface area contributed by atoms with Crippen molar-refractivity contribution >= 4 is 69.8 Å². The fraction of sp³-hybridized carbons (Fsp3) is 0.130. The Labute approximate surface area is 211 Å². The lowest BCUT2D eigenvalue weighted by atomic mass is 10.1. The fourth-order valence-corrected chi connectivity index (χ4v) is 3.68. The first-order valence-electron chi connectivity index (χ1n) is 9.87. The van der Waals surface area contributed by atoms with Gasteiger partial charge in [-0.25, -0.2) is 9.97 Å². The Morgan fingerprint density at radius 1 is 1.06 bits per heavy atom. The first-order chi connectivity index (χ1) is 15.9. The van der Waals surface area contributed by atoms with Crippen LogP contribution in [0.3, 0.4) is 0 Å². The number of fused-ring (bicyclic) bond motifs is 1. The molecule has 0 bridgehead atoms. The molecule has 0 atom stereocenters. The third-order valence-electron chi connectivity index (χ3n) is 4.94. The molecule has 0 saturated heterocycles. The van der Waals surface area contributed by atoms with Gasteiger partial charge in [0.2, 0.25) is 0 Å². The molecule has 4 rings (SSSR count). The van der Waals surface area contributed by atoms with Crippen molar-refractivity contribution in [3.05, 3.63) is 81.4 Å². The van der Waals surface area contributed by atoms with E-state index in [2.05, 4.69) is 25.6 Å². The molecular weight excluding hydrogens is 501 g/mol. The average molecular weight is 521 g/mol. The van der Waals surface area contributed by atoms with E-state index in [0.717, 1.165) is 5.56 Å². The van der Waals surface area contributed by atoms with Crippen LogP contribution in [0.2, 0.25) is 10.2 Å². The number of pyridine rings is 1. The Balaban J connectivity index is 0.00000324. The highest BCUT2D eigenvalue weighted by molar-refractivity contribution is 6.33. The topological polar surface area (TPSA) is 109 Å². The molecule has 8 nitrogen and oxygen atoms in total. The van der Waals surface area contributed by atoms with Crippen molar-refractivity contribution in [2.24, 2.45) is 0 Å². The number of imidazole rings is 1. The van der Waals surface area contributed by atoms with E-state index in [1.54, 1.807) is 49.6 Å². The molecule has 3 N–H and O–H groups in total. The second-order valence-corrected chi connectivity index (χ2v) is 7.96. The molecule has 4 aromatic rings. The lowest BCUT2D eigenvalue weighted by Crippen LogP contribution is -2.16. The number of H-pyrrole nitrogens is 1. The molecule has 2 aromatic heterocycles. The minimum atomic E-state index is -0.457. The van der Waals surface area contributed by atoms with Crippen molar-refractivity contribution in [3.63, 3.8) is 0 Å². The number of halogens is 3. The van der Waals surface area contributed by atoms with Crippen molar-refractivity contribution in [2.45, 2.75) is 13.5 Å². The summed E-state index contributed by atoms with van der Waals surface area (Å²) in [5, 5.41) is 6.25. The number of benzene rings is 2. The molecule has 11 heteroatoms. The van der Waals surface area contributed by atoms with Crippen LogP contribution in [-0.2, 0) is 11.3 Å². The summed E-state index contributed by atoms with van der Waals surface area (Å²) in [6.07, 6.45) is 1.49. The van der Waals surface area contributed by atoms with E-state index in [0.29, 0.717) is 33.3 Å².